The van der Waals surface area contributed by atoms with Crippen LogP contribution in [-0.4, -0.2) is 20.5 Å². The van der Waals surface area contributed by atoms with Gasteiger partial charge in [-0.2, -0.15) is 0 Å². The minimum absolute atomic E-state index is 0.0136. The molecule has 1 unspecified atom stereocenters. The first-order valence-electron chi connectivity index (χ1n) is 5.61. The number of furan rings is 1. The van der Waals surface area contributed by atoms with E-state index in [0.29, 0.717) is 11.1 Å². The summed E-state index contributed by atoms with van der Waals surface area (Å²) in [6.45, 7) is 3.69. The fourth-order valence-corrected chi connectivity index (χ4v) is 2.63. The molecule has 96 valence electrons. The molecular formula is C13H14O4S. The standard InChI is InChI=1S/C13H14O4S/c1-8(2)18(16)7-10-9-5-3-4-6-11(9)17-12(10)13(14)15/h3-6,8H,7H2,1-2H3,(H,14,15). The van der Waals surface area contributed by atoms with E-state index in [1.54, 1.807) is 18.2 Å². The Morgan fingerprint density at radius 3 is 2.67 bits per heavy atom. The average molecular weight is 266 g/mol. The molecule has 0 radical (unpaired) electrons. The van der Waals surface area contributed by atoms with Crippen LogP contribution in [0.3, 0.4) is 0 Å². The van der Waals surface area contributed by atoms with Gasteiger partial charge in [-0.25, -0.2) is 4.79 Å². The second-order valence-electron chi connectivity index (χ2n) is 4.28. The lowest BCUT2D eigenvalue weighted by atomic mass is 10.1. The van der Waals surface area contributed by atoms with Gasteiger partial charge in [-0.15, -0.1) is 0 Å². The van der Waals surface area contributed by atoms with Crippen LogP contribution < -0.4 is 0 Å². The van der Waals surface area contributed by atoms with Gasteiger partial charge in [0.25, 0.3) is 0 Å². The van der Waals surface area contributed by atoms with Crippen molar-refractivity contribution in [2.75, 3.05) is 0 Å². The first-order chi connectivity index (χ1) is 8.50. The number of rotatable bonds is 4. The summed E-state index contributed by atoms with van der Waals surface area (Å²) in [4.78, 5) is 11.2. The Labute approximate surface area is 107 Å². The van der Waals surface area contributed by atoms with Gasteiger partial charge in [-0.1, -0.05) is 32.0 Å². The predicted octanol–water partition coefficient (Wildman–Crippen LogP) is 2.79. The number of hydrogen-bond acceptors (Lipinski definition) is 3. The van der Waals surface area contributed by atoms with E-state index >= 15 is 0 Å². The zero-order valence-electron chi connectivity index (χ0n) is 10.2. The normalized spacial score (nSPS) is 13.1. The molecule has 18 heavy (non-hydrogen) atoms. The molecule has 0 fully saturated rings. The molecule has 0 amide bonds. The maximum absolute atomic E-state index is 11.9. The zero-order chi connectivity index (χ0) is 13.3. The molecule has 2 aromatic rings. The molecule has 1 aromatic carbocycles. The molecule has 1 aromatic heterocycles. The fourth-order valence-electron chi connectivity index (χ4n) is 1.72. The van der Waals surface area contributed by atoms with Crippen molar-refractivity contribution in [2.45, 2.75) is 24.9 Å². The molecule has 0 aliphatic heterocycles. The van der Waals surface area contributed by atoms with Gasteiger partial charge in [0.15, 0.2) is 0 Å². The van der Waals surface area contributed by atoms with Crippen molar-refractivity contribution in [1.82, 2.24) is 0 Å². The van der Waals surface area contributed by atoms with E-state index < -0.39 is 16.8 Å². The minimum Gasteiger partial charge on any atom is -0.475 e. The molecule has 0 bridgehead atoms. The van der Waals surface area contributed by atoms with Crippen molar-refractivity contribution in [3.63, 3.8) is 0 Å². The molecule has 4 nitrogen and oxygen atoms in total. The highest BCUT2D eigenvalue weighted by atomic mass is 32.2. The summed E-state index contributed by atoms with van der Waals surface area (Å²) in [6.07, 6.45) is 0. The average Bonchev–Trinajstić information content (AvgIpc) is 2.68. The zero-order valence-corrected chi connectivity index (χ0v) is 11.0. The lowest BCUT2D eigenvalue weighted by Crippen LogP contribution is -2.10. The van der Waals surface area contributed by atoms with E-state index in [1.807, 2.05) is 19.9 Å². The summed E-state index contributed by atoms with van der Waals surface area (Å²) >= 11 is 0. The van der Waals surface area contributed by atoms with E-state index in [4.69, 9.17) is 9.52 Å². The third-order valence-corrected chi connectivity index (χ3v) is 4.33. The maximum atomic E-state index is 11.9. The summed E-state index contributed by atoms with van der Waals surface area (Å²) in [5.74, 6) is -1.02. The number of carboxylic acids is 1. The van der Waals surface area contributed by atoms with Crippen LogP contribution in [0, 0.1) is 0 Å². The Morgan fingerprint density at radius 1 is 1.39 bits per heavy atom. The predicted molar refractivity (Wildman–Crippen MR) is 70.2 cm³/mol. The fraction of sp³-hybridized carbons (Fsp3) is 0.308. The van der Waals surface area contributed by atoms with Crippen LogP contribution >= 0.6 is 0 Å². The largest absolute Gasteiger partial charge is 0.475 e. The van der Waals surface area contributed by atoms with E-state index in [2.05, 4.69) is 0 Å². The monoisotopic (exact) mass is 266 g/mol. The molecule has 1 N–H and O–H groups in total. The van der Waals surface area contributed by atoms with Gasteiger partial charge in [0.05, 0.1) is 5.75 Å². The number of carboxylic acid groups (broad SMARTS) is 1. The smallest absolute Gasteiger partial charge is 0.372 e. The van der Waals surface area contributed by atoms with Crippen molar-refractivity contribution in [3.8, 4) is 0 Å². The molecule has 1 heterocycles. The summed E-state index contributed by atoms with van der Waals surface area (Å²) in [5.41, 5.74) is 1.04. The lowest BCUT2D eigenvalue weighted by molar-refractivity contribution is 0.0664. The molecule has 1 atom stereocenters. The number of para-hydroxylation sites is 1. The topological polar surface area (TPSA) is 67.5 Å². The molecule has 0 aliphatic carbocycles. The summed E-state index contributed by atoms with van der Waals surface area (Å²) in [5, 5.41) is 9.84. The van der Waals surface area contributed by atoms with Crippen molar-refractivity contribution >= 4 is 27.7 Å². The third-order valence-electron chi connectivity index (χ3n) is 2.70. The third kappa shape index (κ3) is 2.31. The molecule has 5 heteroatoms. The summed E-state index contributed by atoms with van der Waals surface area (Å²) < 4.78 is 17.2. The number of benzene rings is 1. The molecular weight excluding hydrogens is 252 g/mol. The molecule has 0 aliphatic rings. The van der Waals surface area contributed by atoms with Gasteiger partial charge < -0.3 is 9.52 Å². The Hall–Kier alpha value is -1.62. The summed E-state index contributed by atoms with van der Waals surface area (Å²) in [6, 6.07) is 7.09. The minimum atomic E-state index is -1.12. The van der Waals surface area contributed by atoms with Crippen LogP contribution in [0.4, 0.5) is 0 Å². The van der Waals surface area contributed by atoms with Crippen LogP contribution in [0.5, 0.6) is 0 Å². The van der Waals surface area contributed by atoms with E-state index in [1.165, 1.54) is 0 Å². The number of carbonyl (C=O) groups is 1. The van der Waals surface area contributed by atoms with Crippen molar-refractivity contribution in [2.24, 2.45) is 0 Å². The van der Waals surface area contributed by atoms with Crippen LogP contribution in [0.2, 0.25) is 0 Å². The highest BCUT2D eigenvalue weighted by molar-refractivity contribution is 7.84. The highest BCUT2D eigenvalue weighted by Gasteiger charge is 2.21. The molecule has 0 saturated heterocycles. The SMILES string of the molecule is CC(C)S(=O)Cc1c(C(=O)O)oc2ccccc12. The van der Waals surface area contributed by atoms with Crippen LogP contribution in [0.1, 0.15) is 30.0 Å². The maximum Gasteiger partial charge on any atom is 0.372 e. The first kappa shape index (κ1) is 12.8. The van der Waals surface area contributed by atoms with Crippen molar-refractivity contribution in [1.29, 1.82) is 0 Å². The number of hydrogen-bond donors (Lipinski definition) is 1. The number of aromatic carboxylic acids is 1. The highest BCUT2D eigenvalue weighted by Crippen LogP contribution is 2.27. The van der Waals surface area contributed by atoms with Gasteiger partial charge in [-0.05, 0) is 6.07 Å². The Balaban J connectivity index is 2.55. The molecule has 0 saturated carbocycles. The van der Waals surface area contributed by atoms with Crippen molar-refractivity contribution in [3.05, 3.63) is 35.6 Å². The van der Waals surface area contributed by atoms with Gasteiger partial charge in [0.2, 0.25) is 5.76 Å². The quantitative estimate of drug-likeness (QED) is 0.924. The second-order valence-corrected chi connectivity index (χ2v) is 6.28. The van der Waals surface area contributed by atoms with E-state index in [0.717, 1.165) is 5.39 Å². The Morgan fingerprint density at radius 2 is 2.06 bits per heavy atom. The molecule has 0 spiro atoms. The van der Waals surface area contributed by atoms with Gasteiger partial charge in [-0.3, -0.25) is 4.21 Å². The molecule has 2 rings (SSSR count). The number of fused-ring (bicyclic) bond motifs is 1. The Kier molecular flexibility index (Phi) is 3.52. The van der Waals surface area contributed by atoms with Gasteiger partial charge in [0, 0.05) is 27.0 Å². The van der Waals surface area contributed by atoms with Crippen LogP contribution in [0.15, 0.2) is 28.7 Å². The Bertz CT molecular complexity index is 612. The first-order valence-corrected chi connectivity index (χ1v) is 6.99. The van der Waals surface area contributed by atoms with Gasteiger partial charge >= 0.3 is 5.97 Å². The van der Waals surface area contributed by atoms with Crippen LogP contribution in [0.25, 0.3) is 11.0 Å². The van der Waals surface area contributed by atoms with E-state index in [9.17, 15) is 9.00 Å². The van der Waals surface area contributed by atoms with Crippen LogP contribution in [-0.2, 0) is 16.6 Å². The van der Waals surface area contributed by atoms with Gasteiger partial charge in [0.1, 0.15) is 5.58 Å². The lowest BCUT2D eigenvalue weighted by Gasteiger charge is -2.04. The second kappa shape index (κ2) is 4.94. The van der Waals surface area contributed by atoms with Crippen molar-refractivity contribution < 1.29 is 18.5 Å². The summed E-state index contributed by atoms with van der Waals surface area (Å²) in [7, 11) is -1.11. The van der Waals surface area contributed by atoms with E-state index in [-0.39, 0.29) is 16.8 Å².